The summed E-state index contributed by atoms with van der Waals surface area (Å²) in [5.41, 5.74) is 2.71. The topological polar surface area (TPSA) is 78.5 Å². The van der Waals surface area contributed by atoms with E-state index in [4.69, 9.17) is 4.74 Å². The summed E-state index contributed by atoms with van der Waals surface area (Å²) >= 11 is 0. The van der Waals surface area contributed by atoms with Crippen molar-refractivity contribution in [1.29, 1.82) is 0 Å². The lowest BCUT2D eigenvalue weighted by Gasteiger charge is -2.25. The van der Waals surface area contributed by atoms with Gasteiger partial charge in [-0.15, -0.1) is 0 Å². The Hall–Kier alpha value is -3.19. The molecular weight excluding hydrogens is 404 g/mol. The number of carbonyl (C=O) groups is 1. The number of H-pyrrole nitrogens is 1. The highest BCUT2D eigenvalue weighted by Gasteiger charge is 2.23. The van der Waals surface area contributed by atoms with Gasteiger partial charge in [-0.25, -0.2) is 4.98 Å². The molecule has 2 aromatic carbocycles. The minimum atomic E-state index is -0.184. The molecule has 0 spiro atoms. The van der Waals surface area contributed by atoms with Crippen molar-refractivity contribution in [2.24, 2.45) is 0 Å². The summed E-state index contributed by atoms with van der Waals surface area (Å²) < 4.78 is 5.77. The minimum Gasteiger partial charge on any atom is -0.378 e. The van der Waals surface area contributed by atoms with Gasteiger partial charge >= 0.3 is 0 Å². The Bertz CT molecular complexity index is 1120. The zero-order chi connectivity index (χ0) is 22.5. The molecule has 0 saturated carbocycles. The number of nitrogens with one attached hydrogen (secondary N) is 1. The van der Waals surface area contributed by atoms with E-state index in [2.05, 4.69) is 39.1 Å². The molecule has 1 fully saturated rings. The van der Waals surface area contributed by atoms with E-state index in [1.165, 1.54) is 0 Å². The molecule has 3 aromatic rings. The van der Waals surface area contributed by atoms with Gasteiger partial charge in [0.25, 0.3) is 5.56 Å². The number of para-hydroxylation sites is 1. The third-order valence-electron chi connectivity index (χ3n) is 5.88. The number of amides is 1. The van der Waals surface area contributed by atoms with Crippen LogP contribution in [0.5, 0.6) is 0 Å². The van der Waals surface area contributed by atoms with Crippen LogP contribution in [-0.2, 0) is 22.5 Å². The Labute approximate surface area is 188 Å². The first-order chi connectivity index (χ1) is 15.5. The van der Waals surface area contributed by atoms with E-state index in [9.17, 15) is 9.59 Å². The SMILES string of the molecule is CN(C)c1ccc(CCC(=O)N(Cc2nc3ccccc3c(=O)[nH]2)CC2CCCO2)cc1. The van der Waals surface area contributed by atoms with E-state index >= 15 is 0 Å². The molecule has 0 bridgehead atoms. The second-order valence-electron chi connectivity index (χ2n) is 8.50. The molecule has 1 aromatic heterocycles. The summed E-state index contributed by atoms with van der Waals surface area (Å²) in [6.07, 6.45) is 3.04. The van der Waals surface area contributed by atoms with Gasteiger partial charge in [0.15, 0.2) is 0 Å². The fraction of sp³-hybridized carbons (Fsp3) is 0.400. The van der Waals surface area contributed by atoms with Crippen molar-refractivity contribution in [1.82, 2.24) is 14.9 Å². The summed E-state index contributed by atoms with van der Waals surface area (Å²) in [5.74, 6) is 0.531. The van der Waals surface area contributed by atoms with Crippen molar-refractivity contribution in [3.05, 3.63) is 70.3 Å². The van der Waals surface area contributed by atoms with E-state index in [0.717, 1.165) is 30.7 Å². The van der Waals surface area contributed by atoms with Gasteiger partial charge in [-0.2, -0.15) is 0 Å². The second-order valence-corrected chi connectivity index (χ2v) is 8.50. The molecule has 2 heterocycles. The molecule has 7 nitrogen and oxygen atoms in total. The van der Waals surface area contributed by atoms with Crippen LogP contribution in [0.3, 0.4) is 0 Å². The Kier molecular flexibility index (Phi) is 6.85. The van der Waals surface area contributed by atoms with Crippen molar-refractivity contribution >= 4 is 22.5 Å². The van der Waals surface area contributed by atoms with Gasteiger partial charge in [-0.3, -0.25) is 9.59 Å². The van der Waals surface area contributed by atoms with Gasteiger partial charge in [0.05, 0.1) is 23.6 Å². The second kappa shape index (κ2) is 9.96. The summed E-state index contributed by atoms with van der Waals surface area (Å²) in [7, 11) is 4.01. The molecule has 7 heteroatoms. The van der Waals surface area contributed by atoms with Crippen LogP contribution < -0.4 is 10.5 Å². The number of anilines is 1. The molecule has 1 aliphatic heterocycles. The number of rotatable bonds is 8. The van der Waals surface area contributed by atoms with Crippen molar-refractivity contribution in [3.63, 3.8) is 0 Å². The van der Waals surface area contributed by atoms with Crippen LogP contribution >= 0.6 is 0 Å². The lowest BCUT2D eigenvalue weighted by atomic mass is 10.1. The monoisotopic (exact) mass is 434 g/mol. The molecule has 168 valence electrons. The molecule has 1 atom stereocenters. The maximum absolute atomic E-state index is 13.2. The summed E-state index contributed by atoms with van der Waals surface area (Å²) in [6.45, 7) is 1.50. The molecular formula is C25H30N4O3. The standard InChI is InChI=1S/C25H30N4O3/c1-28(2)19-12-9-18(10-13-19)11-14-24(30)29(16-20-6-5-15-32-20)17-23-26-22-8-4-3-7-21(22)25(31)27-23/h3-4,7-10,12-13,20H,5-6,11,14-17H2,1-2H3,(H,26,27,31). The average molecular weight is 435 g/mol. The van der Waals surface area contributed by atoms with Gasteiger partial charge in [0, 0.05) is 39.4 Å². The van der Waals surface area contributed by atoms with E-state index < -0.39 is 0 Å². The van der Waals surface area contributed by atoms with Crippen LogP contribution in [0, 0.1) is 0 Å². The van der Waals surface area contributed by atoms with Gasteiger partial charge < -0.3 is 19.5 Å². The lowest BCUT2D eigenvalue weighted by molar-refractivity contribution is -0.133. The van der Waals surface area contributed by atoms with Crippen LogP contribution in [0.1, 0.15) is 30.7 Å². The van der Waals surface area contributed by atoms with Crippen molar-refractivity contribution < 1.29 is 9.53 Å². The number of hydrogen-bond acceptors (Lipinski definition) is 5. The number of aromatic amines is 1. The molecule has 1 aliphatic rings. The zero-order valence-electron chi connectivity index (χ0n) is 18.7. The van der Waals surface area contributed by atoms with Gasteiger partial charge in [-0.05, 0) is 49.1 Å². The van der Waals surface area contributed by atoms with Crippen LogP contribution in [0.25, 0.3) is 10.9 Å². The van der Waals surface area contributed by atoms with E-state index in [1.807, 2.05) is 32.3 Å². The fourth-order valence-electron chi connectivity index (χ4n) is 4.05. The summed E-state index contributed by atoms with van der Waals surface area (Å²) in [6, 6.07) is 15.5. The maximum atomic E-state index is 13.2. The number of aromatic nitrogens is 2. The predicted octanol–water partition coefficient (Wildman–Crippen LogP) is 3.13. The van der Waals surface area contributed by atoms with Crippen molar-refractivity contribution in [3.8, 4) is 0 Å². The highest BCUT2D eigenvalue weighted by molar-refractivity contribution is 5.78. The quantitative estimate of drug-likeness (QED) is 0.589. The highest BCUT2D eigenvalue weighted by Crippen LogP contribution is 2.17. The third kappa shape index (κ3) is 5.34. The van der Waals surface area contributed by atoms with Crippen LogP contribution in [0.15, 0.2) is 53.3 Å². The number of fused-ring (bicyclic) bond motifs is 1. The largest absolute Gasteiger partial charge is 0.378 e. The van der Waals surface area contributed by atoms with Crippen LogP contribution in [-0.4, -0.2) is 54.1 Å². The number of nitrogens with zero attached hydrogens (tertiary/aromatic N) is 3. The Morgan fingerprint density at radius 3 is 2.66 bits per heavy atom. The first-order valence-corrected chi connectivity index (χ1v) is 11.1. The molecule has 0 aliphatic carbocycles. The van der Waals surface area contributed by atoms with Crippen LogP contribution in [0.4, 0.5) is 5.69 Å². The smallest absolute Gasteiger partial charge is 0.258 e. The number of ether oxygens (including phenoxy) is 1. The molecule has 1 unspecified atom stereocenters. The number of aryl methyl sites for hydroxylation is 1. The van der Waals surface area contributed by atoms with Crippen molar-refractivity contribution in [2.75, 3.05) is 32.1 Å². The number of hydrogen-bond donors (Lipinski definition) is 1. The average Bonchev–Trinajstić information content (AvgIpc) is 3.30. The summed E-state index contributed by atoms with van der Waals surface area (Å²) in [4.78, 5) is 36.9. The Balaban J connectivity index is 1.48. The molecule has 0 radical (unpaired) electrons. The van der Waals surface area contributed by atoms with Crippen molar-refractivity contribution in [2.45, 2.75) is 38.3 Å². The van der Waals surface area contributed by atoms with E-state index in [-0.39, 0.29) is 24.1 Å². The fourth-order valence-corrected chi connectivity index (χ4v) is 4.05. The third-order valence-corrected chi connectivity index (χ3v) is 5.88. The van der Waals surface area contributed by atoms with Gasteiger partial charge in [0.1, 0.15) is 5.82 Å². The minimum absolute atomic E-state index is 0.0329. The molecule has 4 rings (SSSR count). The molecule has 1 saturated heterocycles. The maximum Gasteiger partial charge on any atom is 0.258 e. The normalized spacial score (nSPS) is 15.8. The van der Waals surface area contributed by atoms with Gasteiger partial charge in [-0.1, -0.05) is 24.3 Å². The highest BCUT2D eigenvalue weighted by atomic mass is 16.5. The number of carbonyl (C=O) groups excluding carboxylic acids is 1. The number of benzene rings is 2. The van der Waals surface area contributed by atoms with E-state index in [0.29, 0.717) is 36.1 Å². The predicted molar refractivity (Wildman–Crippen MR) is 126 cm³/mol. The zero-order valence-corrected chi connectivity index (χ0v) is 18.7. The van der Waals surface area contributed by atoms with Gasteiger partial charge in [0.2, 0.25) is 5.91 Å². The molecule has 1 N–H and O–H groups in total. The first-order valence-electron chi connectivity index (χ1n) is 11.1. The van der Waals surface area contributed by atoms with E-state index in [1.54, 1.807) is 11.0 Å². The Morgan fingerprint density at radius 1 is 1.16 bits per heavy atom. The lowest BCUT2D eigenvalue weighted by Crippen LogP contribution is -2.38. The van der Waals surface area contributed by atoms with Crippen LogP contribution in [0.2, 0.25) is 0 Å². The molecule has 32 heavy (non-hydrogen) atoms. The molecule has 1 amide bonds. The Morgan fingerprint density at radius 2 is 1.94 bits per heavy atom. The summed E-state index contributed by atoms with van der Waals surface area (Å²) in [5, 5.41) is 0.550. The first kappa shape index (κ1) is 22.0.